The number of nitrogens with one attached hydrogen (secondary N) is 6. The molecule has 1 aliphatic rings. The number of rotatable bonds is 16. The van der Waals surface area contributed by atoms with Gasteiger partial charge in [0.2, 0.25) is 41.4 Å². The average Bonchev–Trinajstić information content (AvgIpc) is 3.18. The van der Waals surface area contributed by atoms with Gasteiger partial charge in [-0.3, -0.25) is 38.4 Å². The zero-order valence-electron chi connectivity index (χ0n) is 34.2. The Morgan fingerprint density at radius 3 is 2.02 bits per heavy atom. The Kier molecular flexibility index (Phi) is 18.2. The van der Waals surface area contributed by atoms with Crippen LogP contribution < -0.4 is 43.4 Å². The van der Waals surface area contributed by atoms with Crippen LogP contribution in [0.15, 0.2) is 54.6 Å². The highest BCUT2D eigenvalue weighted by Crippen LogP contribution is 2.47. The van der Waals surface area contributed by atoms with Gasteiger partial charge in [-0.05, 0) is 63.8 Å². The second kappa shape index (κ2) is 22.3. The van der Waals surface area contributed by atoms with E-state index in [1.807, 2.05) is 6.92 Å². The van der Waals surface area contributed by atoms with Crippen molar-refractivity contribution in [1.29, 1.82) is 0 Å². The number of unbranched alkanes of at least 4 members (excludes halogenated alkanes) is 1. The van der Waals surface area contributed by atoms with Gasteiger partial charge >= 0.3 is 5.97 Å². The summed E-state index contributed by atoms with van der Waals surface area (Å²) in [6, 6.07) is 6.39. The molecule has 6 atom stereocenters. The van der Waals surface area contributed by atoms with Gasteiger partial charge in [-0.15, -0.1) is 0 Å². The molecule has 1 fully saturated rings. The number of nitrogens with two attached hydrogens (primary N) is 2. The monoisotopic (exact) mass is 872 g/mol. The van der Waals surface area contributed by atoms with Crippen LogP contribution in [0.2, 0.25) is 0 Å². The maximum atomic E-state index is 14.4. The molecule has 0 aliphatic carbocycles. The molecule has 0 radical (unpaired) electrons. The molecule has 3 rings (SSSR count). The van der Waals surface area contributed by atoms with E-state index < -0.39 is 106 Å². The lowest BCUT2D eigenvalue weighted by molar-refractivity contribution is -0.141. The fourth-order valence-corrected chi connectivity index (χ4v) is 8.91. The van der Waals surface area contributed by atoms with Crippen molar-refractivity contribution in [3.05, 3.63) is 65.7 Å². The number of primary amides is 1. The SMILES string of the molecule is CCCC[C@H](NC(=O)C1NC(=O)[C@H](CC(=O)O)NC(=O)[C@H](Cc2ccccc2)NC(=O)[C@H](NC(=O)[C@@H](N)Cc2ccc(O)cc2)C(C)(C)SSC1(C)C)C(=O)NCC(N)=O. The number of hydrogen-bond acceptors (Lipinski definition) is 12. The molecular formula is C40H56N8O10S2. The van der Waals surface area contributed by atoms with Gasteiger partial charge in [0.25, 0.3) is 0 Å². The normalized spacial score (nSPS) is 21.7. The maximum Gasteiger partial charge on any atom is 0.305 e. The highest BCUT2D eigenvalue weighted by molar-refractivity contribution is 8.77. The van der Waals surface area contributed by atoms with Crippen LogP contribution in [-0.4, -0.2) is 110 Å². The first-order valence-corrected chi connectivity index (χ1v) is 21.5. The van der Waals surface area contributed by atoms with E-state index in [4.69, 9.17) is 11.5 Å². The molecule has 2 aromatic rings. The van der Waals surface area contributed by atoms with Crippen LogP contribution in [0, 0.1) is 0 Å². The third-order valence-electron chi connectivity index (χ3n) is 9.53. The van der Waals surface area contributed by atoms with E-state index in [2.05, 4.69) is 31.9 Å². The minimum Gasteiger partial charge on any atom is -0.508 e. The van der Waals surface area contributed by atoms with Crippen LogP contribution in [0.5, 0.6) is 5.75 Å². The highest BCUT2D eigenvalue weighted by atomic mass is 33.1. The zero-order valence-corrected chi connectivity index (χ0v) is 35.9. The van der Waals surface area contributed by atoms with E-state index >= 15 is 0 Å². The molecular weight excluding hydrogens is 817 g/mol. The third kappa shape index (κ3) is 15.0. The van der Waals surface area contributed by atoms with Gasteiger partial charge in [-0.25, -0.2) is 0 Å². The molecule has 2 aromatic carbocycles. The van der Waals surface area contributed by atoms with Crippen molar-refractivity contribution in [3.8, 4) is 5.75 Å². The summed E-state index contributed by atoms with van der Waals surface area (Å²) in [5.74, 6) is -7.22. The number of carbonyl (C=O) groups is 8. The number of amides is 7. The molecule has 18 nitrogen and oxygen atoms in total. The number of aromatic hydroxyl groups is 1. The summed E-state index contributed by atoms with van der Waals surface area (Å²) in [5, 5.41) is 35.1. The number of aliphatic carboxylic acids is 1. The predicted molar refractivity (Wildman–Crippen MR) is 227 cm³/mol. The van der Waals surface area contributed by atoms with E-state index in [0.717, 1.165) is 21.6 Å². The van der Waals surface area contributed by atoms with Crippen molar-refractivity contribution in [1.82, 2.24) is 31.9 Å². The lowest BCUT2D eigenvalue weighted by atomic mass is 9.98. The van der Waals surface area contributed by atoms with Crippen LogP contribution in [0.4, 0.5) is 0 Å². The fourth-order valence-electron chi connectivity index (χ4n) is 6.09. The summed E-state index contributed by atoms with van der Waals surface area (Å²) in [6.07, 6.45) is 0.360. The van der Waals surface area contributed by atoms with E-state index in [1.54, 1.807) is 70.2 Å². The molecule has 12 N–H and O–H groups in total. The Morgan fingerprint density at radius 1 is 0.817 bits per heavy atom. The van der Waals surface area contributed by atoms with E-state index in [-0.39, 0.29) is 25.0 Å². The second-order valence-corrected chi connectivity index (χ2v) is 19.0. The van der Waals surface area contributed by atoms with Gasteiger partial charge in [0, 0.05) is 15.9 Å². The van der Waals surface area contributed by atoms with Crippen molar-refractivity contribution in [2.24, 2.45) is 11.5 Å². The molecule has 1 heterocycles. The topological polar surface area (TPSA) is 301 Å². The second-order valence-electron chi connectivity index (χ2n) is 15.5. The quantitative estimate of drug-likeness (QED) is 0.101. The Balaban J connectivity index is 2.11. The van der Waals surface area contributed by atoms with Crippen molar-refractivity contribution in [2.75, 3.05) is 6.54 Å². The molecule has 0 bridgehead atoms. The number of carboxylic acids is 1. The number of benzene rings is 2. The van der Waals surface area contributed by atoms with Crippen LogP contribution >= 0.6 is 21.6 Å². The zero-order chi connectivity index (χ0) is 44.8. The van der Waals surface area contributed by atoms with Crippen molar-refractivity contribution in [3.63, 3.8) is 0 Å². The minimum atomic E-state index is -1.74. The van der Waals surface area contributed by atoms with Gasteiger partial charge in [-0.2, -0.15) is 0 Å². The van der Waals surface area contributed by atoms with Gasteiger partial charge in [-0.1, -0.05) is 83.8 Å². The number of carboxylic acid groups (broad SMARTS) is 1. The van der Waals surface area contributed by atoms with Gasteiger partial charge in [0.05, 0.1) is 19.0 Å². The van der Waals surface area contributed by atoms with Crippen molar-refractivity contribution < 1.29 is 48.6 Å². The average molecular weight is 873 g/mol. The van der Waals surface area contributed by atoms with Crippen molar-refractivity contribution in [2.45, 2.75) is 119 Å². The fraction of sp³-hybridized carbons (Fsp3) is 0.500. The van der Waals surface area contributed by atoms with Crippen LogP contribution in [0.1, 0.15) is 71.4 Å². The van der Waals surface area contributed by atoms with Gasteiger partial charge in [0.1, 0.15) is 36.0 Å². The Morgan fingerprint density at radius 2 is 1.42 bits per heavy atom. The summed E-state index contributed by atoms with van der Waals surface area (Å²) in [5.41, 5.74) is 12.8. The Labute approximate surface area is 356 Å². The van der Waals surface area contributed by atoms with E-state index in [0.29, 0.717) is 24.0 Å². The third-order valence-corrected chi connectivity index (χ3v) is 13.8. The predicted octanol–water partition coefficient (Wildman–Crippen LogP) is 0.147. The van der Waals surface area contributed by atoms with Crippen LogP contribution in [0.25, 0.3) is 0 Å². The molecule has 1 aliphatic heterocycles. The summed E-state index contributed by atoms with van der Waals surface area (Å²) in [4.78, 5) is 107. The molecule has 20 heteroatoms. The number of hydrogen-bond donors (Lipinski definition) is 10. The highest BCUT2D eigenvalue weighted by Gasteiger charge is 2.46. The number of phenolic OH excluding ortho intramolecular Hbond substituents is 1. The summed E-state index contributed by atoms with van der Waals surface area (Å²) in [7, 11) is 2.16. The van der Waals surface area contributed by atoms with Crippen LogP contribution in [-0.2, 0) is 51.2 Å². The largest absolute Gasteiger partial charge is 0.508 e. The smallest absolute Gasteiger partial charge is 0.305 e. The lowest BCUT2D eigenvalue weighted by Crippen LogP contribution is -2.65. The van der Waals surface area contributed by atoms with Crippen LogP contribution in [0.3, 0.4) is 0 Å². The molecule has 1 saturated heterocycles. The molecule has 328 valence electrons. The first kappa shape index (κ1) is 49.0. The van der Waals surface area contributed by atoms with Gasteiger partial charge < -0.3 is 53.6 Å². The standard InChI is InChI=1S/C40H56N8O10S2/c1-6-7-13-26(34(54)43-21-29(42)50)44-37(57)32-40(4,5)60-59-39(2,3)31(47-33(53)25(41)18-23-14-16-24(49)17-15-23)38(58)46-27(19-22-11-9-8-10-12-22)35(55)45-28(20-30(51)52)36(56)48-32/h8-12,14-17,25-28,31-32,49H,6-7,13,18-21,41H2,1-5H3,(H2,42,50)(H,43,54)(H,44,57)(H,45,55)(H,46,58)(H,47,53)(H,48,56)(H,51,52)/t25-,26-,27-,28-,31-,32?/m0/s1. The summed E-state index contributed by atoms with van der Waals surface area (Å²) < 4.78 is -2.54. The van der Waals surface area contributed by atoms with Crippen molar-refractivity contribution >= 4 is 68.9 Å². The molecule has 60 heavy (non-hydrogen) atoms. The molecule has 0 saturated carbocycles. The minimum absolute atomic E-state index is 0.0250. The number of phenols is 1. The van der Waals surface area contributed by atoms with Gasteiger partial charge in [0.15, 0.2) is 0 Å². The first-order chi connectivity index (χ1) is 28.1. The van der Waals surface area contributed by atoms with E-state index in [9.17, 15) is 48.6 Å². The molecule has 1 unspecified atom stereocenters. The van der Waals surface area contributed by atoms with E-state index in [1.165, 1.54) is 12.1 Å². The summed E-state index contributed by atoms with van der Waals surface area (Å²) in [6.45, 7) is 7.92. The molecule has 0 aromatic heterocycles. The molecule has 7 amide bonds. The Bertz CT molecular complexity index is 1870. The Hall–Kier alpha value is -5.34. The molecule has 0 spiro atoms. The maximum absolute atomic E-state index is 14.4. The first-order valence-electron chi connectivity index (χ1n) is 19.4. The lowest BCUT2D eigenvalue weighted by Gasteiger charge is -2.39. The summed E-state index contributed by atoms with van der Waals surface area (Å²) >= 11 is 0. The number of carbonyl (C=O) groups excluding carboxylic acids is 7.